The predicted octanol–water partition coefficient (Wildman–Crippen LogP) is 2.49. The Kier molecular flexibility index (Phi) is 3.82. The number of aromatic nitrogens is 2. The first-order valence-electron chi connectivity index (χ1n) is 6.18. The highest BCUT2D eigenvalue weighted by Crippen LogP contribution is 2.17. The summed E-state index contributed by atoms with van der Waals surface area (Å²) in [5, 5.41) is 5.56. The maximum atomic E-state index is 11.6. The first-order chi connectivity index (χ1) is 8.72. The molecule has 5 heteroatoms. The number of nitrogens with zero attached hydrogens (tertiary/aromatic N) is 2. The summed E-state index contributed by atoms with van der Waals surface area (Å²) in [5.74, 6) is 0.560. The van der Waals surface area contributed by atoms with Gasteiger partial charge in [0, 0.05) is 13.6 Å². The monoisotopic (exact) mass is 246 g/mol. The Hall–Kier alpha value is -2.04. The fourth-order valence-corrected chi connectivity index (χ4v) is 1.78. The van der Waals surface area contributed by atoms with Gasteiger partial charge in [-0.15, -0.1) is 0 Å². The number of imidazole rings is 1. The number of urea groups is 1. The highest BCUT2D eigenvalue weighted by Gasteiger charge is 2.09. The highest BCUT2D eigenvalue weighted by molar-refractivity contribution is 5.90. The van der Waals surface area contributed by atoms with Gasteiger partial charge in [-0.3, -0.25) is 5.32 Å². The number of unbranched alkanes of at least 4 members (excludes halogenated alkanes) is 1. The van der Waals surface area contributed by atoms with Crippen molar-refractivity contribution in [1.29, 1.82) is 0 Å². The number of fused-ring (bicyclic) bond motifs is 1. The van der Waals surface area contributed by atoms with Gasteiger partial charge in [0.2, 0.25) is 5.95 Å². The highest BCUT2D eigenvalue weighted by atomic mass is 16.2. The van der Waals surface area contributed by atoms with Gasteiger partial charge in [0.15, 0.2) is 0 Å². The number of rotatable bonds is 4. The van der Waals surface area contributed by atoms with Gasteiger partial charge in [-0.05, 0) is 18.6 Å². The van der Waals surface area contributed by atoms with E-state index in [1.165, 1.54) is 0 Å². The summed E-state index contributed by atoms with van der Waals surface area (Å²) >= 11 is 0. The number of benzene rings is 1. The Morgan fingerprint density at radius 3 is 2.89 bits per heavy atom. The van der Waals surface area contributed by atoms with Crippen LogP contribution in [-0.4, -0.2) is 22.1 Å². The van der Waals surface area contributed by atoms with E-state index >= 15 is 0 Å². The standard InChI is InChI=1S/C13H18N4O/c1-3-4-9-14-13(18)16-12-15-10-7-5-6-8-11(10)17(12)2/h5-8H,3-4,9H2,1-2H3,(H2,14,15,16,18). The number of hydrogen-bond acceptors (Lipinski definition) is 2. The third kappa shape index (κ3) is 2.61. The normalized spacial score (nSPS) is 10.6. The Morgan fingerprint density at radius 2 is 2.17 bits per heavy atom. The minimum atomic E-state index is -0.207. The van der Waals surface area contributed by atoms with Crippen molar-refractivity contribution >= 4 is 23.0 Å². The van der Waals surface area contributed by atoms with E-state index in [9.17, 15) is 4.79 Å². The second-order valence-corrected chi connectivity index (χ2v) is 4.22. The molecule has 0 unspecified atom stereocenters. The van der Waals surface area contributed by atoms with Crippen molar-refractivity contribution < 1.29 is 4.79 Å². The van der Waals surface area contributed by atoms with Crippen molar-refractivity contribution in [1.82, 2.24) is 14.9 Å². The number of carbonyl (C=O) groups is 1. The Morgan fingerprint density at radius 1 is 1.39 bits per heavy atom. The minimum absolute atomic E-state index is 0.207. The van der Waals surface area contributed by atoms with E-state index < -0.39 is 0 Å². The average molecular weight is 246 g/mol. The molecule has 1 aromatic heterocycles. The second kappa shape index (κ2) is 5.53. The summed E-state index contributed by atoms with van der Waals surface area (Å²) in [7, 11) is 1.89. The van der Waals surface area contributed by atoms with Crippen LogP contribution in [0.2, 0.25) is 0 Å². The van der Waals surface area contributed by atoms with Crippen molar-refractivity contribution in [3.05, 3.63) is 24.3 Å². The molecule has 18 heavy (non-hydrogen) atoms. The zero-order valence-corrected chi connectivity index (χ0v) is 10.7. The van der Waals surface area contributed by atoms with E-state index in [2.05, 4.69) is 22.5 Å². The van der Waals surface area contributed by atoms with E-state index in [0.29, 0.717) is 12.5 Å². The summed E-state index contributed by atoms with van der Waals surface area (Å²) in [6.07, 6.45) is 2.04. The number of nitrogens with one attached hydrogen (secondary N) is 2. The molecule has 2 aromatic rings. The lowest BCUT2D eigenvalue weighted by Gasteiger charge is -2.06. The molecule has 0 radical (unpaired) electrons. The van der Waals surface area contributed by atoms with Crippen LogP contribution in [0, 0.1) is 0 Å². The van der Waals surface area contributed by atoms with Crippen molar-refractivity contribution in [2.24, 2.45) is 7.05 Å². The largest absolute Gasteiger partial charge is 0.338 e. The van der Waals surface area contributed by atoms with Gasteiger partial charge in [0.25, 0.3) is 0 Å². The van der Waals surface area contributed by atoms with Crippen LogP contribution < -0.4 is 10.6 Å². The van der Waals surface area contributed by atoms with Crippen LogP contribution in [0.1, 0.15) is 19.8 Å². The first kappa shape index (κ1) is 12.4. The molecule has 2 rings (SSSR count). The molecular formula is C13H18N4O. The van der Waals surface area contributed by atoms with Gasteiger partial charge in [0.05, 0.1) is 11.0 Å². The molecule has 0 aliphatic carbocycles. The summed E-state index contributed by atoms with van der Waals surface area (Å²) in [4.78, 5) is 16.0. The van der Waals surface area contributed by atoms with E-state index in [1.54, 1.807) is 0 Å². The van der Waals surface area contributed by atoms with E-state index in [4.69, 9.17) is 0 Å². The number of amides is 2. The van der Waals surface area contributed by atoms with Gasteiger partial charge in [-0.2, -0.15) is 0 Å². The van der Waals surface area contributed by atoms with Gasteiger partial charge in [-0.1, -0.05) is 25.5 Å². The van der Waals surface area contributed by atoms with Gasteiger partial charge >= 0.3 is 6.03 Å². The maximum Gasteiger partial charge on any atom is 0.321 e. The van der Waals surface area contributed by atoms with Crippen LogP contribution in [0.4, 0.5) is 10.7 Å². The molecule has 1 heterocycles. The van der Waals surface area contributed by atoms with Crippen LogP contribution in [0.5, 0.6) is 0 Å². The van der Waals surface area contributed by atoms with Gasteiger partial charge in [-0.25, -0.2) is 9.78 Å². The smallest absolute Gasteiger partial charge is 0.321 e. The zero-order valence-electron chi connectivity index (χ0n) is 10.7. The van der Waals surface area contributed by atoms with E-state index in [-0.39, 0.29) is 6.03 Å². The number of anilines is 1. The number of para-hydroxylation sites is 2. The lowest BCUT2D eigenvalue weighted by atomic mass is 10.3. The number of aryl methyl sites for hydroxylation is 1. The average Bonchev–Trinajstić information content (AvgIpc) is 2.67. The predicted molar refractivity (Wildman–Crippen MR) is 72.6 cm³/mol. The Labute approximate surface area is 106 Å². The molecule has 0 aliphatic rings. The molecule has 0 saturated carbocycles. The SMILES string of the molecule is CCCCNC(=O)Nc1nc2ccccc2n1C. The number of hydrogen-bond donors (Lipinski definition) is 2. The Bertz CT molecular complexity index is 547. The molecule has 0 spiro atoms. The fourth-order valence-electron chi connectivity index (χ4n) is 1.78. The summed E-state index contributed by atoms with van der Waals surface area (Å²) in [5.41, 5.74) is 1.88. The van der Waals surface area contributed by atoms with Crippen molar-refractivity contribution in [3.8, 4) is 0 Å². The Balaban J connectivity index is 2.07. The van der Waals surface area contributed by atoms with E-state index in [1.807, 2.05) is 35.9 Å². The van der Waals surface area contributed by atoms with Crippen LogP contribution >= 0.6 is 0 Å². The zero-order chi connectivity index (χ0) is 13.0. The summed E-state index contributed by atoms with van der Waals surface area (Å²) in [6.45, 7) is 2.78. The topological polar surface area (TPSA) is 59.0 Å². The molecule has 1 aromatic carbocycles. The van der Waals surface area contributed by atoms with Crippen LogP contribution in [0.3, 0.4) is 0 Å². The molecule has 0 fully saturated rings. The summed E-state index contributed by atoms with van der Waals surface area (Å²) in [6, 6.07) is 7.58. The lowest BCUT2D eigenvalue weighted by molar-refractivity contribution is 0.251. The molecule has 0 bridgehead atoms. The molecule has 5 nitrogen and oxygen atoms in total. The van der Waals surface area contributed by atoms with Crippen LogP contribution in [-0.2, 0) is 7.05 Å². The van der Waals surface area contributed by atoms with Crippen molar-refractivity contribution in [2.45, 2.75) is 19.8 Å². The first-order valence-corrected chi connectivity index (χ1v) is 6.18. The molecule has 96 valence electrons. The molecular weight excluding hydrogens is 228 g/mol. The molecule has 0 aliphatic heterocycles. The van der Waals surface area contributed by atoms with Gasteiger partial charge < -0.3 is 9.88 Å². The fraction of sp³-hybridized carbons (Fsp3) is 0.385. The van der Waals surface area contributed by atoms with Gasteiger partial charge in [0.1, 0.15) is 0 Å². The van der Waals surface area contributed by atoms with Crippen molar-refractivity contribution in [3.63, 3.8) is 0 Å². The lowest BCUT2D eigenvalue weighted by Crippen LogP contribution is -2.30. The maximum absolute atomic E-state index is 11.6. The summed E-state index contributed by atoms with van der Waals surface area (Å²) < 4.78 is 1.87. The molecule has 2 N–H and O–H groups in total. The molecule has 0 atom stereocenters. The van der Waals surface area contributed by atoms with E-state index in [0.717, 1.165) is 23.9 Å². The van der Waals surface area contributed by atoms with Crippen LogP contribution in [0.15, 0.2) is 24.3 Å². The van der Waals surface area contributed by atoms with Crippen LogP contribution in [0.25, 0.3) is 11.0 Å². The minimum Gasteiger partial charge on any atom is -0.338 e. The second-order valence-electron chi connectivity index (χ2n) is 4.22. The number of carbonyl (C=O) groups excluding carboxylic acids is 1. The third-order valence-corrected chi connectivity index (χ3v) is 2.83. The molecule has 0 saturated heterocycles. The third-order valence-electron chi connectivity index (χ3n) is 2.83. The quantitative estimate of drug-likeness (QED) is 0.814. The molecule has 2 amide bonds. The van der Waals surface area contributed by atoms with Crippen molar-refractivity contribution in [2.75, 3.05) is 11.9 Å².